The molecule has 0 radical (unpaired) electrons. The number of pyridine rings is 1. The van der Waals surface area contributed by atoms with E-state index in [4.69, 9.17) is 11.8 Å². The van der Waals surface area contributed by atoms with Crippen molar-refractivity contribution in [3.63, 3.8) is 0 Å². The number of fused-ring (bicyclic) bond motifs is 1. The second-order valence-electron chi connectivity index (χ2n) is 3.02. The minimum Gasteiger partial charge on any atom is -0.301 e. The van der Waals surface area contributed by atoms with Crippen LogP contribution in [0.25, 0.3) is 0 Å². The number of hydrogen-bond acceptors (Lipinski definition) is 3. The number of nitrogens with zero attached hydrogens (tertiary/aromatic N) is 2. The quantitative estimate of drug-likeness (QED) is 0.505. The Kier molecular flexibility index (Phi) is 2.19. The van der Waals surface area contributed by atoms with Crippen molar-refractivity contribution in [1.82, 2.24) is 4.98 Å². The van der Waals surface area contributed by atoms with Crippen LogP contribution in [0.4, 0.5) is 5.69 Å². The van der Waals surface area contributed by atoms with Crippen LogP contribution in [-0.4, -0.2) is 17.3 Å². The SMILES string of the molecule is O=CC1CCc2ncccc2N1Cl. The molecule has 0 saturated carbocycles. The molecule has 0 aromatic carbocycles. The van der Waals surface area contributed by atoms with Gasteiger partial charge in [0.25, 0.3) is 0 Å². The first-order valence-electron chi connectivity index (χ1n) is 4.17. The normalized spacial score (nSPS) is 21.0. The van der Waals surface area contributed by atoms with Crippen molar-refractivity contribution >= 4 is 23.8 Å². The molecule has 0 saturated heterocycles. The summed E-state index contributed by atoms with van der Waals surface area (Å²) in [5, 5.41) is 0. The number of hydrogen-bond donors (Lipinski definition) is 0. The number of rotatable bonds is 1. The molecule has 0 bridgehead atoms. The van der Waals surface area contributed by atoms with E-state index in [1.807, 2.05) is 12.1 Å². The fourth-order valence-corrected chi connectivity index (χ4v) is 1.81. The van der Waals surface area contributed by atoms with Crippen LogP contribution in [-0.2, 0) is 11.2 Å². The van der Waals surface area contributed by atoms with Crippen LogP contribution >= 0.6 is 11.8 Å². The lowest BCUT2D eigenvalue weighted by Gasteiger charge is -2.28. The van der Waals surface area contributed by atoms with Gasteiger partial charge in [0.15, 0.2) is 0 Å². The Labute approximate surface area is 81.4 Å². The number of aryl methyl sites for hydroxylation is 1. The van der Waals surface area contributed by atoms with Gasteiger partial charge in [-0.05, 0) is 25.0 Å². The second-order valence-corrected chi connectivity index (χ2v) is 3.39. The van der Waals surface area contributed by atoms with Crippen molar-refractivity contribution in [3.05, 3.63) is 24.0 Å². The zero-order valence-corrected chi connectivity index (χ0v) is 7.74. The highest BCUT2D eigenvalue weighted by atomic mass is 35.5. The maximum atomic E-state index is 10.6. The molecule has 1 unspecified atom stereocenters. The maximum Gasteiger partial charge on any atom is 0.143 e. The fraction of sp³-hybridized carbons (Fsp3) is 0.333. The number of carbonyl (C=O) groups is 1. The number of anilines is 1. The van der Waals surface area contributed by atoms with Gasteiger partial charge in [0.2, 0.25) is 0 Å². The van der Waals surface area contributed by atoms with E-state index in [1.54, 1.807) is 6.20 Å². The number of aromatic nitrogens is 1. The van der Waals surface area contributed by atoms with E-state index in [1.165, 1.54) is 4.42 Å². The van der Waals surface area contributed by atoms with Crippen LogP contribution in [0.2, 0.25) is 0 Å². The van der Waals surface area contributed by atoms with E-state index < -0.39 is 0 Å². The first kappa shape index (κ1) is 8.51. The highest BCUT2D eigenvalue weighted by Gasteiger charge is 2.24. The van der Waals surface area contributed by atoms with Crippen LogP contribution < -0.4 is 4.42 Å². The first-order valence-corrected chi connectivity index (χ1v) is 4.51. The van der Waals surface area contributed by atoms with Crippen LogP contribution in [0.15, 0.2) is 18.3 Å². The van der Waals surface area contributed by atoms with Crippen LogP contribution in [0.1, 0.15) is 12.1 Å². The summed E-state index contributed by atoms with van der Waals surface area (Å²) in [6, 6.07) is 3.49. The summed E-state index contributed by atoms with van der Waals surface area (Å²) in [7, 11) is 0. The summed E-state index contributed by atoms with van der Waals surface area (Å²) in [5.41, 5.74) is 1.82. The lowest BCUT2D eigenvalue weighted by atomic mass is 10.0. The molecule has 1 atom stereocenters. The Balaban J connectivity index is 2.38. The van der Waals surface area contributed by atoms with E-state index in [2.05, 4.69) is 4.98 Å². The van der Waals surface area contributed by atoms with Crippen molar-refractivity contribution in [2.75, 3.05) is 4.42 Å². The summed E-state index contributed by atoms with van der Waals surface area (Å²) in [4.78, 5) is 14.8. The molecule has 1 aliphatic heterocycles. The molecule has 1 aromatic heterocycles. The molecular formula is C9H9ClN2O. The average molecular weight is 197 g/mol. The van der Waals surface area contributed by atoms with Crippen molar-refractivity contribution < 1.29 is 4.79 Å². The predicted octanol–water partition coefficient (Wildman–Crippen LogP) is 1.56. The predicted molar refractivity (Wildman–Crippen MR) is 50.7 cm³/mol. The Morgan fingerprint density at radius 2 is 2.54 bits per heavy atom. The molecular weight excluding hydrogens is 188 g/mol. The largest absolute Gasteiger partial charge is 0.301 e. The number of halogens is 1. The van der Waals surface area contributed by atoms with Gasteiger partial charge in [0.1, 0.15) is 12.3 Å². The van der Waals surface area contributed by atoms with Gasteiger partial charge in [0.05, 0.1) is 11.4 Å². The third kappa shape index (κ3) is 1.40. The van der Waals surface area contributed by atoms with Gasteiger partial charge in [-0.3, -0.25) is 9.40 Å². The second kappa shape index (κ2) is 3.34. The molecule has 0 N–H and O–H groups in total. The third-order valence-electron chi connectivity index (χ3n) is 2.22. The van der Waals surface area contributed by atoms with Crippen LogP contribution in [0, 0.1) is 0 Å². The summed E-state index contributed by atoms with van der Waals surface area (Å²) in [5.74, 6) is 0. The van der Waals surface area contributed by atoms with E-state index in [9.17, 15) is 4.79 Å². The van der Waals surface area contributed by atoms with Crippen LogP contribution in [0.3, 0.4) is 0 Å². The van der Waals surface area contributed by atoms with Gasteiger partial charge in [0, 0.05) is 18.0 Å². The molecule has 3 nitrogen and oxygen atoms in total. The van der Waals surface area contributed by atoms with E-state index in [0.29, 0.717) is 0 Å². The molecule has 13 heavy (non-hydrogen) atoms. The Morgan fingerprint density at radius 1 is 1.69 bits per heavy atom. The topological polar surface area (TPSA) is 33.2 Å². The molecule has 1 aliphatic rings. The third-order valence-corrected chi connectivity index (χ3v) is 2.65. The lowest BCUT2D eigenvalue weighted by molar-refractivity contribution is -0.108. The molecule has 0 amide bonds. The van der Waals surface area contributed by atoms with Gasteiger partial charge >= 0.3 is 0 Å². The zero-order chi connectivity index (χ0) is 9.26. The smallest absolute Gasteiger partial charge is 0.143 e. The Bertz CT molecular complexity index is 329. The van der Waals surface area contributed by atoms with Gasteiger partial charge in [-0.15, -0.1) is 0 Å². The van der Waals surface area contributed by atoms with Crippen molar-refractivity contribution in [1.29, 1.82) is 0 Å². The van der Waals surface area contributed by atoms with Gasteiger partial charge in [-0.2, -0.15) is 0 Å². The highest BCUT2D eigenvalue weighted by molar-refractivity contribution is 6.27. The fourth-order valence-electron chi connectivity index (χ4n) is 1.51. The molecule has 2 heterocycles. The number of carbonyl (C=O) groups excluding carboxylic acids is 1. The summed E-state index contributed by atoms with van der Waals surface area (Å²) in [6.45, 7) is 0. The minimum atomic E-state index is -0.210. The molecule has 2 rings (SSSR count). The maximum absolute atomic E-state index is 10.6. The van der Waals surface area contributed by atoms with E-state index in [-0.39, 0.29) is 6.04 Å². The monoisotopic (exact) mass is 196 g/mol. The van der Waals surface area contributed by atoms with Crippen molar-refractivity contribution in [2.24, 2.45) is 0 Å². The van der Waals surface area contributed by atoms with Crippen LogP contribution in [0.5, 0.6) is 0 Å². The van der Waals surface area contributed by atoms with E-state index >= 15 is 0 Å². The van der Waals surface area contributed by atoms with Crippen molar-refractivity contribution in [3.8, 4) is 0 Å². The molecule has 1 aromatic rings. The van der Waals surface area contributed by atoms with Gasteiger partial charge in [-0.25, -0.2) is 0 Å². The Hall–Kier alpha value is -1.09. The van der Waals surface area contributed by atoms with Crippen molar-refractivity contribution in [2.45, 2.75) is 18.9 Å². The van der Waals surface area contributed by atoms with Gasteiger partial charge in [-0.1, -0.05) is 0 Å². The molecule has 0 spiro atoms. The molecule has 68 valence electrons. The molecule has 4 heteroatoms. The number of aldehydes is 1. The summed E-state index contributed by atoms with van der Waals surface area (Å²) < 4.78 is 1.47. The first-order chi connectivity index (χ1) is 6.33. The molecule has 0 fully saturated rings. The minimum absolute atomic E-state index is 0.210. The molecule has 0 aliphatic carbocycles. The van der Waals surface area contributed by atoms with E-state index in [0.717, 1.165) is 30.5 Å². The summed E-state index contributed by atoms with van der Waals surface area (Å²) >= 11 is 5.98. The summed E-state index contributed by atoms with van der Waals surface area (Å²) in [6.07, 6.45) is 4.19. The standard InChI is InChI=1S/C9H9ClN2O/c10-12-7(6-13)3-4-8-9(12)2-1-5-11-8/h1-2,5-7H,3-4H2. The van der Waals surface area contributed by atoms with Gasteiger partial charge < -0.3 is 4.79 Å². The zero-order valence-electron chi connectivity index (χ0n) is 6.98. The highest BCUT2D eigenvalue weighted by Crippen LogP contribution is 2.29. The Morgan fingerprint density at radius 3 is 3.31 bits per heavy atom. The average Bonchev–Trinajstić information content (AvgIpc) is 2.19. The lowest BCUT2D eigenvalue weighted by Crippen LogP contribution is -2.33.